The zero-order valence-corrected chi connectivity index (χ0v) is 16.1. The number of amides is 1. The maximum atomic E-state index is 12.5. The van der Waals surface area contributed by atoms with E-state index in [1.54, 1.807) is 20.4 Å². The second kappa shape index (κ2) is 8.73. The lowest BCUT2D eigenvalue weighted by Crippen LogP contribution is -2.44. The molecule has 7 heteroatoms. The Morgan fingerprint density at radius 3 is 2.52 bits per heavy atom. The Labute approximate surface area is 159 Å². The van der Waals surface area contributed by atoms with Crippen molar-refractivity contribution in [2.24, 2.45) is 0 Å². The van der Waals surface area contributed by atoms with Gasteiger partial charge in [0, 0.05) is 44.6 Å². The molecule has 0 bridgehead atoms. The van der Waals surface area contributed by atoms with Gasteiger partial charge in [-0.05, 0) is 36.9 Å². The third-order valence-corrected chi connectivity index (χ3v) is 4.75. The fourth-order valence-electron chi connectivity index (χ4n) is 3.07. The van der Waals surface area contributed by atoms with E-state index in [0.29, 0.717) is 23.7 Å². The molecule has 0 aliphatic carbocycles. The third-order valence-electron chi connectivity index (χ3n) is 4.75. The van der Waals surface area contributed by atoms with Crippen LogP contribution >= 0.6 is 0 Å². The normalized spacial score (nSPS) is 14.7. The van der Waals surface area contributed by atoms with Crippen LogP contribution in [0.4, 0.5) is 5.69 Å². The third kappa shape index (κ3) is 4.68. The van der Waals surface area contributed by atoms with Gasteiger partial charge in [0.25, 0.3) is 5.91 Å². The van der Waals surface area contributed by atoms with Gasteiger partial charge in [0.1, 0.15) is 5.69 Å². The second-order valence-electron chi connectivity index (χ2n) is 6.56. The van der Waals surface area contributed by atoms with Crippen molar-refractivity contribution in [3.63, 3.8) is 0 Å². The summed E-state index contributed by atoms with van der Waals surface area (Å²) in [6, 6.07) is 9.39. The van der Waals surface area contributed by atoms with E-state index in [4.69, 9.17) is 9.47 Å². The molecule has 1 aromatic carbocycles. The van der Waals surface area contributed by atoms with Crippen LogP contribution in [0.5, 0.6) is 11.5 Å². The number of rotatable bonds is 6. The Morgan fingerprint density at radius 1 is 1.07 bits per heavy atom. The number of methoxy groups -OCH3 is 2. The SMILES string of the molecule is COc1ccc(CNC(=O)c2cc(N3CCN(C)CC3)ccn2)cc1OC. The number of anilines is 1. The lowest BCUT2D eigenvalue weighted by Gasteiger charge is -2.34. The lowest BCUT2D eigenvalue weighted by molar-refractivity contribution is 0.0946. The van der Waals surface area contributed by atoms with Gasteiger partial charge >= 0.3 is 0 Å². The molecule has 0 unspecified atom stereocenters. The number of hydrogen-bond acceptors (Lipinski definition) is 6. The van der Waals surface area contributed by atoms with Crippen LogP contribution in [-0.4, -0.2) is 63.2 Å². The minimum absolute atomic E-state index is 0.194. The van der Waals surface area contributed by atoms with Gasteiger partial charge in [-0.2, -0.15) is 0 Å². The van der Waals surface area contributed by atoms with E-state index in [1.165, 1.54) is 0 Å². The molecule has 0 atom stereocenters. The molecule has 0 radical (unpaired) electrons. The van der Waals surface area contributed by atoms with Gasteiger partial charge in [-0.15, -0.1) is 0 Å². The monoisotopic (exact) mass is 370 g/mol. The average molecular weight is 370 g/mol. The van der Waals surface area contributed by atoms with Crippen molar-refractivity contribution >= 4 is 11.6 Å². The standard InChI is InChI=1S/C20H26N4O3/c1-23-8-10-24(11-9-23)16-6-7-21-17(13-16)20(25)22-14-15-4-5-18(26-2)19(12-15)27-3/h4-7,12-13H,8-11,14H2,1-3H3,(H,22,25). The van der Waals surface area contributed by atoms with Crippen LogP contribution in [0, 0.1) is 0 Å². The summed E-state index contributed by atoms with van der Waals surface area (Å²) in [5.74, 6) is 1.11. The number of hydrogen-bond donors (Lipinski definition) is 1. The molecule has 2 aromatic rings. The Hall–Kier alpha value is -2.80. The summed E-state index contributed by atoms with van der Waals surface area (Å²) in [5.41, 5.74) is 2.39. The summed E-state index contributed by atoms with van der Waals surface area (Å²) < 4.78 is 10.5. The van der Waals surface area contributed by atoms with Crippen LogP contribution in [0.2, 0.25) is 0 Å². The topological polar surface area (TPSA) is 66.9 Å². The molecule has 1 N–H and O–H groups in total. The zero-order valence-electron chi connectivity index (χ0n) is 16.1. The first-order valence-electron chi connectivity index (χ1n) is 8.99. The number of benzene rings is 1. The van der Waals surface area contributed by atoms with Crippen molar-refractivity contribution in [1.82, 2.24) is 15.2 Å². The van der Waals surface area contributed by atoms with E-state index in [9.17, 15) is 4.79 Å². The minimum atomic E-state index is -0.194. The van der Waals surface area contributed by atoms with E-state index in [1.807, 2.05) is 30.3 Å². The van der Waals surface area contributed by atoms with Crippen LogP contribution in [0.25, 0.3) is 0 Å². The van der Waals surface area contributed by atoms with Gasteiger partial charge in [0.15, 0.2) is 11.5 Å². The van der Waals surface area contributed by atoms with Crippen LogP contribution < -0.4 is 19.7 Å². The van der Waals surface area contributed by atoms with Gasteiger partial charge in [0.05, 0.1) is 14.2 Å². The Balaban J connectivity index is 1.64. The summed E-state index contributed by atoms with van der Waals surface area (Å²) in [4.78, 5) is 21.3. The number of carbonyl (C=O) groups is 1. The van der Waals surface area contributed by atoms with Crippen molar-refractivity contribution in [2.75, 3.05) is 52.3 Å². The van der Waals surface area contributed by atoms with Gasteiger partial charge in [-0.25, -0.2) is 0 Å². The molecule has 1 aromatic heterocycles. The number of piperazine rings is 1. The van der Waals surface area contributed by atoms with Gasteiger partial charge in [0.2, 0.25) is 0 Å². The smallest absolute Gasteiger partial charge is 0.270 e. The highest BCUT2D eigenvalue weighted by molar-refractivity contribution is 5.93. The van der Waals surface area contributed by atoms with E-state index in [0.717, 1.165) is 37.4 Å². The highest BCUT2D eigenvalue weighted by Gasteiger charge is 2.16. The van der Waals surface area contributed by atoms with Crippen molar-refractivity contribution in [3.05, 3.63) is 47.8 Å². The second-order valence-corrected chi connectivity index (χ2v) is 6.56. The molecule has 0 spiro atoms. The van der Waals surface area contributed by atoms with E-state index in [-0.39, 0.29) is 5.91 Å². The Bertz CT molecular complexity index is 789. The predicted molar refractivity (Wildman–Crippen MR) is 105 cm³/mol. The van der Waals surface area contributed by atoms with Gasteiger partial charge in [-0.1, -0.05) is 6.07 Å². The van der Waals surface area contributed by atoms with Crippen molar-refractivity contribution in [1.29, 1.82) is 0 Å². The molecular formula is C20H26N4O3. The fourth-order valence-corrected chi connectivity index (χ4v) is 3.07. The first-order valence-corrected chi connectivity index (χ1v) is 8.99. The zero-order chi connectivity index (χ0) is 19.2. The highest BCUT2D eigenvalue weighted by atomic mass is 16.5. The molecule has 144 valence electrons. The van der Waals surface area contributed by atoms with Gasteiger partial charge < -0.3 is 24.6 Å². The van der Waals surface area contributed by atoms with Crippen LogP contribution in [0.15, 0.2) is 36.5 Å². The van der Waals surface area contributed by atoms with Gasteiger partial charge in [-0.3, -0.25) is 9.78 Å². The maximum absolute atomic E-state index is 12.5. The predicted octanol–water partition coefficient (Wildman–Crippen LogP) is 1.78. The fraction of sp³-hybridized carbons (Fsp3) is 0.400. The molecule has 1 saturated heterocycles. The van der Waals surface area contributed by atoms with Crippen molar-refractivity contribution in [2.45, 2.75) is 6.54 Å². The number of nitrogens with one attached hydrogen (secondary N) is 1. The first-order chi connectivity index (χ1) is 13.1. The van der Waals surface area contributed by atoms with Crippen molar-refractivity contribution < 1.29 is 14.3 Å². The average Bonchev–Trinajstić information content (AvgIpc) is 2.72. The van der Waals surface area contributed by atoms with E-state index < -0.39 is 0 Å². The summed E-state index contributed by atoms with van der Waals surface area (Å²) in [6.07, 6.45) is 1.69. The van der Waals surface area contributed by atoms with E-state index in [2.05, 4.69) is 27.1 Å². The first kappa shape index (κ1) is 19.0. The number of aromatic nitrogens is 1. The van der Waals surface area contributed by atoms with Crippen LogP contribution in [0.3, 0.4) is 0 Å². The Kier molecular flexibility index (Phi) is 6.13. The van der Waals surface area contributed by atoms with Crippen molar-refractivity contribution in [3.8, 4) is 11.5 Å². The lowest BCUT2D eigenvalue weighted by atomic mass is 10.2. The Morgan fingerprint density at radius 2 is 1.81 bits per heavy atom. The quantitative estimate of drug-likeness (QED) is 0.836. The van der Waals surface area contributed by atoms with Crippen LogP contribution in [-0.2, 0) is 6.54 Å². The molecule has 3 rings (SSSR count). The summed E-state index contributed by atoms with van der Waals surface area (Å²) in [7, 11) is 5.31. The molecule has 1 amide bonds. The molecule has 1 aliphatic rings. The molecule has 1 fully saturated rings. The number of likely N-dealkylation sites (N-methyl/N-ethyl adjacent to an activating group) is 1. The number of ether oxygens (including phenoxy) is 2. The largest absolute Gasteiger partial charge is 0.493 e. The van der Waals surface area contributed by atoms with E-state index >= 15 is 0 Å². The number of carbonyl (C=O) groups excluding carboxylic acids is 1. The molecule has 27 heavy (non-hydrogen) atoms. The molecule has 2 heterocycles. The summed E-state index contributed by atoms with van der Waals surface area (Å²) in [6.45, 7) is 4.33. The number of nitrogens with zero attached hydrogens (tertiary/aromatic N) is 3. The molecular weight excluding hydrogens is 344 g/mol. The highest BCUT2D eigenvalue weighted by Crippen LogP contribution is 2.27. The minimum Gasteiger partial charge on any atom is -0.493 e. The summed E-state index contributed by atoms with van der Waals surface area (Å²) in [5, 5.41) is 2.92. The summed E-state index contributed by atoms with van der Waals surface area (Å²) >= 11 is 0. The maximum Gasteiger partial charge on any atom is 0.270 e. The number of pyridine rings is 1. The molecule has 1 aliphatic heterocycles. The molecule has 0 saturated carbocycles. The molecule has 7 nitrogen and oxygen atoms in total. The van der Waals surface area contributed by atoms with Crippen LogP contribution in [0.1, 0.15) is 16.1 Å².